The standard InChI is InChI=1S/C9H18.C8H16.C7H16O.2C7H14.C5H13N.C4H10.ClH/c1-8(2)9-6-4-3-5-7-9;1-7(2)8-5-3-4-6-8;1-4-8-6-5-7(2)3;1-6(2)5-7-3-4-7;1-6(2)7-4-3-5-7;1-5(2)3-4-6;1-3-4-2;/h8-9H,3-7H2,1-2H3;7-8H,3-6H2,1-2H3;7H,4-6H2,1-3H3;2*6-7H,3-5H2,1-2H3;5H,3-4,6H2,1-2H3;3-4H2,1-2H3;1H. The zero-order chi connectivity index (χ0) is 38.0. The fourth-order valence-electron chi connectivity index (χ4n) is 6.35. The van der Waals surface area contributed by atoms with E-state index in [-0.39, 0.29) is 12.4 Å². The lowest BCUT2D eigenvalue weighted by atomic mass is 9.78. The summed E-state index contributed by atoms with van der Waals surface area (Å²) in [5, 5.41) is 0. The molecule has 0 saturated heterocycles. The maximum Gasteiger partial charge on any atom is 0.0468 e. The van der Waals surface area contributed by atoms with Gasteiger partial charge in [-0.05, 0) is 91.9 Å². The molecule has 2 nitrogen and oxygen atoms in total. The van der Waals surface area contributed by atoms with Crippen molar-refractivity contribution in [1.29, 1.82) is 0 Å². The topological polar surface area (TPSA) is 35.2 Å². The quantitative estimate of drug-likeness (QED) is 0.203. The Balaban J connectivity index is -0.000000249. The van der Waals surface area contributed by atoms with Gasteiger partial charge < -0.3 is 10.5 Å². The summed E-state index contributed by atoms with van der Waals surface area (Å²) in [7, 11) is 0. The summed E-state index contributed by atoms with van der Waals surface area (Å²) in [6.45, 7) is 36.4. The zero-order valence-corrected chi connectivity index (χ0v) is 38.5. The van der Waals surface area contributed by atoms with Crippen molar-refractivity contribution in [2.45, 2.75) is 226 Å². The molecule has 0 aromatic rings. The monoisotopic (exact) mass is 732 g/mol. The average Bonchev–Trinajstić information content (AvgIpc) is 3.63. The molecular weight excluding hydrogens is 630 g/mol. The van der Waals surface area contributed by atoms with Gasteiger partial charge in [-0.3, -0.25) is 0 Å². The van der Waals surface area contributed by atoms with Crippen LogP contribution < -0.4 is 5.73 Å². The normalized spacial score (nSPS) is 17.4. The third kappa shape index (κ3) is 44.4. The van der Waals surface area contributed by atoms with E-state index in [1.165, 1.54) is 116 Å². The Bertz CT molecular complexity index is 594. The van der Waals surface area contributed by atoms with Crippen molar-refractivity contribution in [3.8, 4) is 0 Å². The number of ether oxygens (including phenoxy) is 1. The molecule has 0 spiro atoms. The van der Waals surface area contributed by atoms with Crippen LogP contribution in [0.2, 0.25) is 0 Å². The van der Waals surface area contributed by atoms with Crippen molar-refractivity contribution in [3.63, 3.8) is 0 Å². The van der Waals surface area contributed by atoms with Gasteiger partial charge in [-0.1, -0.05) is 200 Å². The van der Waals surface area contributed by atoms with Crippen LogP contribution in [0.25, 0.3) is 0 Å². The van der Waals surface area contributed by atoms with Gasteiger partial charge in [-0.2, -0.15) is 0 Å². The minimum absolute atomic E-state index is 0. The molecule has 4 saturated carbocycles. The predicted octanol–water partition coefficient (Wildman–Crippen LogP) is 16.2. The maximum absolute atomic E-state index is 5.23. The third-order valence-corrected chi connectivity index (χ3v) is 10.8. The minimum Gasteiger partial charge on any atom is -0.382 e. The largest absolute Gasteiger partial charge is 0.382 e. The molecule has 0 atom stereocenters. The summed E-state index contributed by atoms with van der Waals surface area (Å²) in [6, 6.07) is 0. The summed E-state index contributed by atoms with van der Waals surface area (Å²) in [5.41, 5.74) is 5.23. The highest BCUT2D eigenvalue weighted by Crippen LogP contribution is 2.35. The molecule has 50 heavy (non-hydrogen) atoms. The van der Waals surface area contributed by atoms with Crippen LogP contribution >= 0.6 is 12.4 Å². The van der Waals surface area contributed by atoms with Crippen LogP contribution in [-0.4, -0.2) is 19.8 Å². The second-order valence-corrected chi connectivity index (χ2v) is 18.3. The van der Waals surface area contributed by atoms with Crippen molar-refractivity contribution in [2.75, 3.05) is 19.8 Å². The summed E-state index contributed by atoms with van der Waals surface area (Å²) in [5.74, 6) is 9.65. The van der Waals surface area contributed by atoms with E-state index in [0.717, 1.165) is 85.4 Å². The van der Waals surface area contributed by atoms with Crippen molar-refractivity contribution < 1.29 is 4.74 Å². The van der Waals surface area contributed by atoms with Crippen LogP contribution in [0.4, 0.5) is 0 Å². The molecule has 4 rings (SSSR count). The Kier molecular flexibility index (Phi) is 46.0. The van der Waals surface area contributed by atoms with Gasteiger partial charge in [0.15, 0.2) is 0 Å². The molecule has 0 aromatic carbocycles. The zero-order valence-electron chi connectivity index (χ0n) is 37.7. The Hall–Kier alpha value is 0.210. The fourth-order valence-corrected chi connectivity index (χ4v) is 6.35. The fraction of sp³-hybridized carbons (Fsp3) is 1.00. The van der Waals surface area contributed by atoms with Crippen molar-refractivity contribution in [2.24, 2.45) is 64.9 Å². The van der Waals surface area contributed by atoms with Gasteiger partial charge in [0, 0.05) is 13.2 Å². The molecular formula is C47H102ClNO. The summed E-state index contributed by atoms with van der Waals surface area (Å²) in [4.78, 5) is 0. The minimum atomic E-state index is 0. The number of hydrogen-bond acceptors (Lipinski definition) is 2. The first-order chi connectivity index (χ1) is 23.2. The molecule has 3 heteroatoms. The van der Waals surface area contributed by atoms with Crippen molar-refractivity contribution in [3.05, 3.63) is 0 Å². The van der Waals surface area contributed by atoms with E-state index in [2.05, 4.69) is 96.9 Å². The first kappa shape index (κ1) is 56.9. The van der Waals surface area contributed by atoms with E-state index >= 15 is 0 Å². The maximum atomic E-state index is 5.23. The van der Waals surface area contributed by atoms with Crippen LogP contribution in [-0.2, 0) is 4.74 Å². The number of hydrogen-bond donors (Lipinski definition) is 1. The Morgan fingerprint density at radius 1 is 0.480 bits per heavy atom. The van der Waals surface area contributed by atoms with Gasteiger partial charge in [0.05, 0.1) is 0 Å². The highest BCUT2D eigenvalue weighted by atomic mass is 35.5. The molecule has 0 amide bonds. The molecule has 4 fully saturated rings. The van der Waals surface area contributed by atoms with Crippen LogP contribution in [0.1, 0.15) is 226 Å². The van der Waals surface area contributed by atoms with E-state index in [4.69, 9.17) is 10.5 Å². The number of rotatable bonds is 12. The summed E-state index contributed by atoms with van der Waals surface area (Å²) in [6.07, 6.45) is 27.4. The molecule has 0 unspecified atom stereocenters. The predicted molar refractivity (Wildman–Crippen MR) is 235 cm³/mol. The van der Waals surface area contributed by atoms with Crippen LogP contribution in [0.15, 0.2) is 0 Å². The lowest BCUT2D eigenvalue weighted by Crippen LogP contribution is -2.16. The van der Waals surface area contributed by atoms with E-state index in [1.54, 1.807) is 0 Å². The Labute approximate surface area is 326 Å². The molecule has 0 aromatic heterocycles. The van der Waals surface area contributed by atoms with Crippen molar-refractivity contribution >= 4 is 12.4 Å². The van der Waals surface area contributed by atoms with Gasteiger partial charge in [0.1, 0.15) is 0 Å². The lowest BCUT2D eigenvalue weighted by molar-refractivity contribution is 0.136. The van der Waals surface area contributed by atoms with Crippen LogP contribution in [0.5, 0.6) is 0 Å². The number of nitrogens with two attached hydrogens (primary N) is 1. The molecule has 0 radical (unpaired) electrons. The first-order valence-corrected chi connectivity index (χ1v) is 22.4. The second kappa shape index (κ2) is 40.4. The SMILES string of the molecule is CC(C)C1CCC1.CC(C)C1CCCC1.CC(C)C1CCCCC1.CC(C)CC1CC1.CC(C)CCN.CCCC.CCOCCC(C)C.Cl. The number of unbranched alkanes of at least 4 members (excludes halogenated alkanes) is 1. The van der Waals surface area contributed by atoms with Gasteiger partial charge in [-0.25, -0.2) is 0 Å². The van der Waals surface area contributed by atoms with E-state index < -0.39 is 0 Å². The van der Waals surface area contributed by atoms with Crippen LogP contribution in [0.3, 0.4) is 0 Å². The Morgan fingerprint density at radius 2 is 0.840 bits per heavy atom. The van der Waals surface area contributed by atoms with E-state index in [9.17, 15) is 0 Å². The highest BCUT2D eigenvalue weighted by Gasteiger charge is 2.21. The summed E-state index contributed by atoms with van der Waals surface area (Å²) < 4.78 is 5.14. The van der Waals surface area contributed by atoms with Gasteiger partial charge in [0.2, 0.25) is 0 Å². The molecule has 4 aliphatic carbocycles. The van der Waals surface area contributed by atoms with Gasteiger partial charge >= 0.3 is 0 Å². The molecule has 4 aliphatic rings. The molecule has 308 valence electrons. The van der Waals surface area contributed by atoms with Crippen molar-refractivity contribution in [1.82, 2.24) is 0 Å². The van der Waals surface area contributed by atoms with E-state index in [1.807, 2.05) is 6.92 Å². The first-order valence-electron chi connectivity index (χ1n) is 22.4. The molecule has 0 aliphatic heterocycles. The van der Waals surface area contributed by atoms with E-state index in [0.29, 0.717) is 0 Å². The average molecular weight is 733 g/mol. The lowest BCUT2D eigenvalue weighted by Gasteiger charge is -2.28. The van der Waals surface area contributed by atoms with Gasteiger partial charge in [-0.15, -0.1) is 12.4 Å². The molecule has 0 bridgehead atoms. The Morgan fingerprint density at radius 3 is 1.00 bits per heavy atom. The smallest absolute Gasteiger partial charge is 0.0468 e. The molecule has 2 N–H and O–H groups in total. The molecule has 0 heterocycles. The van der Waals surface area contributed by atoms with Crippen LogP contribution in [0, 0.1) is 59.2 Å². The van der Waals surface area contributed by atoms with Gasteiger partial charge in [0.25, 0.3) is 0 Å². The summed E-state index contributed by atoms with van der Waals surface area (Å²) >= 11 is 0. The second-order valence-electron chi connectivity index (χ2n) is 18.3. The highest BCUT2D eigenvalue weighted by molar-refractivity contribution is 5.85. The number of halogens is 1. The third-order valence-electron chi connectivity index (χ3n) is 10.8.